The summed E-state index contributed by atoms with van der Waals surface area (Å²) in [6, 6.07) is 0. The van der Waals surface area contributed by atoms with Gasteiger partial charge < -0.3 is 9.84 Å². The van der Waals surface area contributed by atoms with Gasteiger partial charge in [0.1, 0.15) is 11.9 Å². The van der Waals surface area contributed by atoms with Gasteiger partial charge in [0, 0.05) is 5.92 Å². The lowest BCUT2D eigenvalue weighted by atomic mass is 9.85. The van der Waals surface area contributed by atoms with E-state index in [0.717, 1.165) is 25.7 Å². The smallest absolute Gasteiger partial charge is 0.343 e. The predicted molar refractivity (Wildman–Crippen MR) is 61.4 cm³/mol. The molecule has 1 aromatic rings. The maximum absolute atomic E-state index is 11.3. The Morgan fingerprint density at radius 2 is 2.06 bits per heavy atom. The van der Waals surface area contributed by atoms with Crippen LogP contribution >= 0.6 is 0 Å². The van der Waals surface area contributed by atoms with Crippen LogP contribution in [0.2, 0.25) is 0 Å². The van der Waals surface area contributed by atoms with Gasteiger partial charge >= 0.3 is 5.97 Å². The Kier molecular flexibility index (Phi) is 3.56. The van der Waals surface area contributed by atoms with Gasteiger partial charge in [-0.3, -0.25) is 0 Å². The normalized spacial score (nSPS) is 16.8. The third-order valence-electron chi connectivity index (χ3n) is 3.24. The first-order valence-corrected chi connectivity index (χ1v) is 5.86. The molecule has 1 fully saturated rings. The van der Waals surface area contributed by atoms with Gasteiger partial charge in [-0.2, -0.15) is 0 Å². The summed E-state index contributed by atoms with van der Waals surface area (Å²) in [4.78, 5) is 19.3. The highest BCUT2D eigenvalue weighted by atomic mass is 16.5. The van der Waals surface area contributed by atoms with Crippen molar-refractivity contribution in [1.29, 1.82) is 0 Å². The molecule has 5 heteroatoms. The number of ether oxygens (including phenoxy) is 1. The van der Waals surface area contributed by atoms with E-state index in [0.29, 0.717) is 5.69 Å². The number of methoxy groups -OCH3 is 1. The van der Waals surface area contributed by atoms with E-state index in [-0.39, 0.29) is 17.4 Å². The molecule has 17 heavy (non-hydrogen) atoms. The molecule has 0 aromatic carbocycles. The first-order valence-electron chi connectivity index (χ1n) is 5.86. The fourth-order valence-corrected chi connectivity index (χ4v) is 2.42. The highest BCUT2D eigenvalue weighted by Gasteiger charge is 2.26. The van der Waals surface area contributed by atoms with E-state index in [4.69, 9.17) is 4.74 Å². The predicted octanol–water partition coefficient (Wildman–Crippen LogP) is 2.23. The molecular formula is C12H16N2O3. The molecule has 1 heterocycles. The maximum Gasteiger partial charge on any atom is 0.343 e. The van der Waals surface area contributed by atoms with Crippen LogP contribution in [0.5, 0.6) is 5.88 Å². The molecule has 1 N–H and O–H groups in total. The van der Waals surface area contributed by atoms with E-state index >= 15 is 0 Å². The van der Waals surface area contributed by atoms with Gasteiger partial charge in [-0.1, -0.05) is 19.3 Å². The number of hydrogen-bond acceptors (Lipinski definition) is 4. The van der Waals surface area contributed by atoms with Crippen LogP contribution in [0.15, 0.2) is 6.33 Å². The first kappa shape index (κ1) is 11.8. The number of nitrogens with zero attached hydrogens (tertiary/aromatic N) is 2. The molecular weight excluding hydrogens is 220 g/mol. The van der Waals surface area contributed by atoms with Crippen LogP contribution in [-0.4, -0.2) is 28.2 Å². The Morgan fingerprint density at radius 3 is 2.65 bits per heavy atom. The molecule has 2 rings (SSSR count). The molecule has 0 radical (unpaired) electrons. The first-order chi connectivity index (χ1) is 8.24. The fraction of sp³-hybridized carbons (Fsp3) is 0.583. The maximum atomic E-state index is 11.3. The summed E-state index contributed by atoms with van der Waals surface area (Å²) in [5.74, 6) is -0.622. The monoisotopic (exact) mass is 236 g/mol. The Balaban J connectivity index is 2.40. The molecule has 0 amide bonds. The van der Waals surface area contributed by atoms with Crippen LogP contribution in [0.3, 0.4) is 0 Å². The van der Waals surface area contributed by atoms with Gasteiger partial charge in [0.15, 0.2) is 0 Å². The van der Waals surface area contributed by atoms with Gasteiger partial charge in [0.05, 0.1) is 12.8 Å². The summed E-state index contributed by atoms with van der Waals surface area (Å²) in [7, 11) is 1.43. The molecule has 1 saturated carbocycles. The summed E-state index contributed by atoms with van der Waals surface area (Å²) in [5, 5.41) is 9.25. The second kappa shape index (κ2) is 5.12. The van der Waals surface area contributed by atoms with Crippen molar-refractivity contribution < 1.29 is 14.6 Å². The van der Waals surface area contributed by atoms with E-state index in [1.165, 1.54) is 19.9 Å². The largest absolute Gasteiger partial charge is 0.480 e. The minimum Gasteiger partial charge on any atom is -0.480 e. The number of rotatable bonds is 3. The Bertz CT molecular complexity index is 414. The van der Waals surface area contributed by atoms with Crippen LogP contribution in [0, 0.1) is 0 Å². The number of aromatic carboxylic acids is 1. The molecule has 0 saturated heterocycles. The minimum absolute atomic E-state index is 0.127. The Morgan fingerprint density at radius 1 is 1.35 bits per heavy atom. The second-order valence-electron chi connectivity index (χ2n) is 4.28. The summed E-state index contributed by atoms with van der Waals surface area (Å²) < 4.78 is 5.01. The van der Waals surface area contributed by atoms with Crippen molar-refractivity contribution in [2.24, 2.45) is 0 Å². The van der Waals surface area contributed by atoms with Crippen molar-refractivity contribution in [1.82, 2.24) is 9.97 Å². The molecule has 0 unspecified atom stereocenters. The molecule has 1 aliphatic rings. The third-order valence-corrected chi connectivity index (χ3v) is 3.24. The quantitative estimate of drug-likeness (QED) is 0.871. The molecule has 92 valence electrons. The van der Waals surface area contributed by atoms with Crippen LogP contribution in [-0.2, 0) is 0 Å². The van der Waals surface area contributed by atoms with Gasteiger partial charge in [-0.05, 0) is 12.8 Å². The standard InChI is InChI=1S/C12H16N2O3/c1-17-11-9(12(15)16)10(13-7-14-11)8-5-3-2-4-6-8/h7-8H,2-6H2,1H3,(H,15,16). The molecule has 0 bridgehead atoms. The molecule has 0 spiro atoms. The van der Waals surface area contributed by atoms with E-state index in [1.807, 2.05) is 0 Å². The van der Waals surface area contributed by atoms with Gasteiger partial charge in [-0.25, -0.2) is 14.8 Å². The lowest BCUT2D eigenvalue weighted by molar-refractivity contribution is 0.0689. The van der Waals surface area contributed by atoms with Crippen molar-refractivity contribution in [3.8, 4) is 5.88 Å². The third kappa shape index (κ3) is 2.38. The minimum atomic E-state index is -1.01. The molecule has 5 nitrogen and oxygen atoms in total. The van der Waals surface area contributed by atoms with Crippen molar-refractivity contribution in [3.05, 3.63) is 17.6 Å². The SMILES string of the molecule is COc1ncnc(C2CCCCC2)c1C(=O)O. The molecule has 1 aliphatic carbocycles. The van der Waals surface area contributed by atoms with Crippen molar-refractivity contribution >= 4 is 5.97 Å². The summed E-state index contributed by atoms with van der Waals surface area (Å²) in [6.45, 7) is 0. The average molecular weight is 236 g/mol. The zero-order chi connectivity index (χ0) is 12.3. The highest BCUT2D eigenvalue weighted by Crippen LogP contribution is 2.35. The van der Waals surface area contributed by atoms with Crippen LogP contribution in [0.4, 0.5) is 0 Å². The fourth-order valence-electron chi connectivity index (χ4n) is 2.42. The number of aromatic nitrogens is 2. The molecule has 0 aliphatic heterocycles. The zero-order valence-corrected chi connectivity index (χ0v) is 9.85. The topological polar surface area (TPSA) is 72.3 Å². The number of carboxylic acids is 1. The summed E-state index contributed by atoms with van der Waals surface area (Å²) in [6.07, 6.45) is 6.88. The summed E-state index contributed by atoms with van der Waals surface area (Å²) >= 11 is 0. The van der Waals surface area contributed by atoms with Crippen molar-refractivity contribution in [2.75, 3.05) is 7.11 Å². The van der Waals surface area contributed by atoms with E-state index in [1.54, 1.807) is 0 Å². The zero-order valence-electron chi connectivity index (χ0n) is 9.85. The Hall–Kier alpha value is -1.65. The summed E-state index contributed by atoms with van der Waals surface area (Å²) in [5.41, 5.74) is 0.756. The second-order valence-corrected chi connectivity index (χ2v) is 4.28. The van der Waals surface area contributed by atoms with Gasteiger partial charge in [-0.15, -0.1) is 0 Å². The number of carbonyl (C=O) groups is 1. The van der Waals surface area contributed by atoms with Gasteiger partial charge in [0.25, 0.3) is 0 Å². The van der Waals surface area contributed by atoms with Crippen molar-refractivity contribution in [3.63, 3.8) is 0 Å². The highest BCUT2D eigenvalue weighted by molar-refractivity contribution is 5.91. The number of hydrogen-bond donors (Lipinski definition) is 1. The number of carboxylic acid groups (broad SMARTS) is 1. The molecule has 0 atom stereocenters. The van der Waals surface area contributed by atoms with Gasteiger partial charge in [0.2, 0.25) is 5.88 Å². The lowest BCUT2D eigenvalue weighted by Gasteiger charge is -2.22. The van der Waals surface area contributed by atoms with Crippen molar-refractivity contribution in [2.45, 2.75) is 38.0 Å². The van der Waals surface area contributed by atoms with E-state index < -0.39 is 5.97 Å². The van der Waals surface area contributed by atoms with Crippen LogP contribution in [0.25, 0.3) is 0 Å². The van der Waals surface area contributed by atoms with Crippen LogP contribution in [0.1, 0.15) is 54.1 Å². The van der Waals surface area contributed by atoms with Crippen LogP contribution < -0.4 is 4.74 Å². The lowest BCUT2D eigenvalue weighted by Crippen LogP contribution is -2.14. The van der Waals surface area contributed by atoms with E-state index in [9.17, 15) is 9.90 Å². The average Bonchev–Trinajstić information content (AvgIpc) is 2.38. The van der Waals surface area contributed by atoms with E-state index in [2.05, 4.69) is 9.97 Å². The Labute approximate surface area is 99.9 Å². The molecule has 1 aromatic heterocycles.